The summed E-state index contributed by atoms with van der Waals surface area (Å²) in [5.74, 6) is 0.932. The highest BCUT2D eigenvalue weighted by Gasteiger charge is 2.24. The lowest BCUT2D eigenvalue weighted by molar-refractivity contribution is 0.304. The first-order chi connectivity index (χ1) is 6.66. The number of ether oxygens (including phenoxy) is 1. The maximum atomic E-state index is 5.93. The second-order valence-corrected chi connectivity index (χ2v) is 4.26. The molecule has 14 heavy (non-hydrogen) atoms. The van der Waals surface area contributed by atoms with Gasteiger partial charge in [0.1, 0.15) is 5.75 Å². The SMILES string of the molecule is CN(C)c1cc(Cl)ccc1OC1CC1. The van der Waals surface area contributed by atoms with Crippen molar-refractivity contribution < 1.29 is 4.74 Å². The molecule has 0 unspecified atom stereocenters. The first kappa shape index (κ1) is 9.66. The van der Waals surface area contributed by atoms with Crippen LogP contribution in [0.4, 0.5) is 5.69 Å². The van der Waals surface area contributed by atoms with Crippen molar-refractivity contribution in [1.29, 1.82) is 0 Å². The van der Waals surface area contributed by atoms with Gasteiger partial charge in [0, 0.05) is 19.1 Å². The molecule has 76 valence electrons. The summed E-state index contributed by atoms with van der Waals surface area (Å²) in [6.07, 6.45) is 2.78. The fraction of sp³-hybridized carbons (Fsp3) is 0.455. The van der Waals surface area contributed by atoms with Gasteiger partial charge in [-0.15, -0.1) is 0 Å². The summed E-state index contributed by atoms with van der Waals surface area (Å²) in [7, 11) is 3.98. The quantitative estimate of drug-likeness (QED) is 0.762. The molecule has 0 heterocycles. The standard InChI is InChI=1S/C11H14ClNO/c1-13(2)10-7-8(12)3-6-11(10)14-9-4-5-9/h3,6-7,9H,4-5H2,1-2H3. The van der Waals surface area contributed by atoms with Crippen LogP contribution in [0.25, 0.3) is 0 Å². The Kier molecular flexibility index (Phi) is 2.55. The predicted octanol–water partition coefficient (Wildman–Crippen LogP) is 2.95. The van der Waals surface area contributed by atoms with Crippen LogP contribution >= 0.6 is 11.6 Å². The Morgan fingerprint density at radius 2 is 2.07 bits per heavy atom. The molecule has 1 aliphatic carbocycles. The fourth-order valence-electron chi connectivity index (χ4n) is 1.31. The third kappa shape index (κ3) is 2.13. The molecular weight excluding hydrogens is 198 g/mol. The number of hydrogen-bond acceptors (Lipinski definition) is 2. The van der Waals surface area contributed by atoms with Crippen molar-refractivity contribution in [3.8, 4) is 5.75 Å². The lowest BCUT2D eigenvalue weighted by Gasteiger charge is -2.17. The van der Waals surface area contributed by atoms with E-state index in [1.807, 2.05) is 37.2 Å². The van der Waals surface area contributed by atoms with Crippen LogP contribution in [0.2, 0.25) is 5.02 Å². The Hall–Kier alpha value is -0.890. The number of hydrogen-bond donors (Lipinski definition) is 0. The molecular formula is C11H14ClNO. The highest BCUT2D eigenvalue weighted by molar-refractivity contribution is 6.30. The second-order valence-electron chi connectivity index (χ2n) is 3.82. The zero-order valence-corrected chi connectivity index (χ0v) is 9.21. The Bertz CT molecular complexity index is 334. The summed E-state index contributed by atoms with van der Waals surface area (Å²) >= 11 is 5.93. The largest absolute Gasteiger partial charge is 0.488 e. The molecule has 0 atom stereocenters. The van der Waals surface area contributed by atoms with Crippen LogP contribution in [-0.4, -0.2) is 20.2 Å². The van der Waals surface area contributed by atoms with Crippen molar-refractivity contribution in [1.82, 2.24) is 0 Å². The topological polar surface area (TPSA) is 12.5 Å². The van der Waals surface area contributed by atoms with Gasteiger partial charge in [0.05, 0.1) is 11.8 Å². The fourth-order valence-corrected chi connectivity index (χ4v) is 1.47. The average Bonchev–Trinajstić information content (AvgIpc) is 2.91. The third-order valence-corrected chi connectivity index (χ3v) is 2.46. The summed E-state index contributed by atoms with van der Waals surface area (Å²) in [6.45, 7) is 0. The van der Waals surface area contributed by atoms with E-state index in [-0.39, 0.29) is 0 Å². The highest BCUT2D eigenvalue weighted by atomic mass is 35.5. The van der Waals surface area contributed by atoms with E-state index in [0.29, 0.717) is 6.10 Å². The summed E-state index contributed by atoms with van der Waals surface area (Å²) in [5.41, 5.74) is 1.05. The molecule has 1 aromatic rings. The molecule has 1 aromatic carbocycles. The molecule has 0 radical (unpaired) electrons. The summed E-state index contributed by atoms with van der Waals surface area (Å²) in [4.78, 5) is 2.02. The zero-order chi connectivity index (χ0) is 10.1. The summed E-state index contributed by atoms with van der Waals surface area (Å²) in [6, 6.07) is 5.74. The molecule has 1 aliphatic rings. The van der Waals surface area contributed by atoms with Gasteiger partial charge < -0.3 is 9.64 Å². The molecule has 0 N–H and O–H groups in total. The van der Waals surface area contributed by atoms with Crippen molar-refractivity contribution in [2.24, 2.45) is 0 Å². The molecule has 3 heteroatoms. The number of rotatable bonds is 3. The van der Waals surface area contributed by atoms with Crippen molar-refractivity contribution in [2.45, 2.75) is 18.9 Å². The van der Waals surface area contributed by atoms with Crippen molar-refractivity contribution >= 4 is 17.3 Å². The van der Waals surface area contributed by atoms with E-state index >= 15 is 0 Å². The normalized spacial score (nSPS) is 15.4. The van der Waals surface area contributed by atoms with Crippen molar-refractivity contribution in [2.75, 3.05) is 19.0 Å². The third-order valence-electron chi connectivity index (χ3n) is 2.22. The van der Waals surface area contributed by atoms with Crippen molar-refractivity contribution in [3.05, 3.63) is 23.2 Å². The number of nitrogens with zero attached hydrogens (tertiary/aromatic N) is 1. The molecule has 0 spiro atoms. The molecule has 0 aromatic heterocycles. The summed E-state index contributed by atoms with van der Waals surface area (Å²) in [5, 5.41) is 0.747. The number of benzene rings is 1. The average molecular weight is 212 g/mol. The van der Waals surface area contributed by atoms with Crippen LogP contribution in [0, 0.1) is 0 Å². The first-order valence-corrected chi connectivity index (χ1v) is 5.18. The minimum Gasteiger partial charge on any atom is -0.488 e. The Morgan fingerprint density at radius 1 is 1.36 bits per heavy atom. The van der Waals surface area contributed by atoms with E-state index in [1.54, 1.807) is 0 Å². The van der Waals surface area contributed by atoms with Crippen LogP contribution in [0.3, 0.4) is 0 Å². The highest BCUT2D eigenvalue weighted by Crippen LogP contribution is 2.34. The van der Waals surface area contributed by atoms with Crippen molar-refractivity contribution in [3.63, 3.8) is 0 Å². The van der Waals surface area contributed by atoms with Crippen LogP contribution in [0.1, 0.15) is 12.8 Å². The van der Waals surface area contributed by atoms with Gasteiger partial charge in [0.25, 0.3) is 0 Å². The van der Waals surface area contributed by atoms with Gasteiger partial charge in [0.15, 0.2) is 0 Å². The van der Waals surface area contributed by atoms with Gasteiger partial charge in [-0.25, -0.2) is 0 Å². The van der Waals surface area contributed by atoms with Gasteiger partial charge in [-0.2, -0.15) is 0 Å². The first-order valence-electron chi connectivity index (χ1n) is 4.80. The van der Waals surface area contributed by atoms with E-state index in [2.05, 4.69) is 0 Å². The van der Waals surface area contributed by atoms with Crippen LogP contribution in [0.15, 0.2) is 18.2 Å². The minimum absolute atomic E-state index is 0.426. The van der Waals surface area contributed by atoms with E-state index in [1.165, 1.54) is 12.8 Å². The van der Waals surface area contributed by atoms with Gasteiger partial charge in [-0.1, -0.05) is 11.6 Å². The smallest absolute Gasteiger partial charge is 0.143 e. The van der Waals surface area contributed by atoms with Gasteiger partial charge in [-0.05, 0) is 31.0 Å². The Morgan fingerprint density at radius 3 is 2.64 bits per heavy atom. The minimum atomic E-state index is 0.426. The van der Waals surface area contributed by atoms with E-state index in [4.69, 9.17) is 16.3 Å². The van der Waals surface area contributed by atoms with Crippen LogP contribution in [0.5, 0.6) is 5.75 Å². The van der Waals surface area contributed by atoms with E-state index < -0.39 is 0 Å². The van der Waals surface area contributed by atoms with Crippen LogP contribution in [-0.2, 0) is 0 Å². The molecule has 1 fully saturated rings. The molecule has 0 bridgehead atoms. The van der Waals surface area contributed by atoms with Gasteiger partial charge in [-0.3, -0.25) is 0 Å². The predicted molar refractivity (Wildman–Crippen MR) is 59.4 cm³/mol. The maximum Gasteiger partial charge on any atom is 0.143 e. The van der Waals surface area contributed by atoms with Crippen LogP contribution < -0.4 is 9.64 Å². The second kappa shape index (κ2) is 3.70. The molecule has 0 saturated heterocycles. The number of anilines is 1. The number of halogens is 1. The zero-order valence-electron chi connectivity index (χ0n) is 8.46. The lowest BCUT2D eigenvalue weighted by Crippen LogP contribution is -2.11. The lowest BCUT2D eigenvalue weighted by atomic mass is 10.3. The molecule has 1 saturated carbocycles. The Balaban J connectivity index is 2.26. The molecule has 0 aliphatic heterocycles. The molecule has 2 nitrogen and oxygen atoms in total. The van der Waals surface area contributed by atoms with Gasteiger partial charge >= 0.3 is 0 Å². The molecule has 0 amide bonds. The van der Waals surface area contributed by atoms with E-state index in [0.717, 1.165) is 16.5 Å². The maximum absolute atomic E-state index is 5.93. The van der Waals surface area contributed by atoms with Gasteiger partial charge in [0.2, 0.25) is 0 Å². The molecule has 2 rings (SSSR count). The Labute approximate surface area is 89.4 Å². The monoisotopic (exact) mass is 211 g/mol. The van der Waals surface area contributed by atoms with E-state index in [9.17, 15) is 0 Å². The summed E-state index contributed by atoms with van der Waals surface area (Å²) < 4.78 is 5.77.